The van der Waals surface area contributed by atoms with Crippen LogP contribution in [-0.4, -0.2) is 39.3 Å². The number of rotatable bonds is 6. The van der Waals surface area contributed by atoms with Gasteiger partial charge in [0.2, 0.25) is 0 Å². The maximum absolute atomic E-state index is 12.3. The van der Waals surface area contributed by atoms with Crippen molar-refractivity contribution in [1.82, 2.24) is 10.4 Å². The molecular formula is C14H13N3O5S2. The molecule has 2 rings (SSSR count). The SMILES string of the molecule is CCOC(=O)CNN1C(=O)/C(=C\c2cccc([N+](=O)[O-])c2)SC1=S. The first-order valence-corrected chi connectivity index (χ1v) is 8.06. The van der Waals surface area contributed by atoms with Crippen LogP contribution in [-0.2, 0) is 14.3 Å². The van der Waals surface area contributed by atoms with E-state index in [0.29, 0.717) is 10.5 Å². The number of carbonyl (C=O) groups is 2. The van der Waals surface area contributed by atoms with E-state index in [1.54, 1.807) is 13.0 Å². The molecule has 1 amide bonds. The van der Waals surface area contributed by atoms with Crippen molar-refractivity contribution < 1.29 is 19.2 Å². The number of nitro benzene ring substituents is 1. The molecule has 1 aromatic carbocycles. The van der Waals surface area contributed by atoms with Gasteiger partial charge < -0.3 is 4.74 Å². The van der Waals surface area contributed by atoms with Crippen molar-refractivity contribution in [3.05, 3.63) is 44.8 Å². The first kappa shape index (κ1) is 18.0. The van der Waals surface area contributed by atoms with E-state index in [2.05, 4.69) is 5.43 Å². The molecule has 1 N–H and O–H groups in total. The van der Waals surface area contributed by atoms with Crippen molar-refractivity contribution >= 4 is 51.9 Å². The Morgan fingerprint density at radius 3 is 2.96 bits per heavy atom. The monoisotopic (exact) mass is 367 g/mol. The van der Waals surface area contributed by atoms with Crippen LogP contribution in [0, 0.1) is 10.1 Å². The quantitative estimate of drug-likeness (QED) is 0.267. The summed E-state index contributed by atoms with van der Waals surface area (Å²) in [6.45, 7) is 1.73. The number of benzene rings is 1. The number of hydrogen-bond donors (Lipinski definition) is 1. The van der Waals surface area contributed by atoms with Crippen LogP contribution in [0.5, 0.6) is 0 Å². The van der Waals surface area contributed by atoms with E-state index in [-0.39, 0.29) is 23.2 Å². The van der Waals surface area contributed by atoms with Crippen LogP contribution in [0.1, 0.15) is 12.5 Å². The van der Waals surface area contributed by atoms with Crippen molar-refractivity contribution in [2.24, 2.45) is 0 Å². The van der Waals surface area contributed by atoms with Crippen molar-refractivity contribution in [2.75, 3.05) is 13.2 Å². The number of thioether (sulfide) groups is 1. The third-order valence-corrected chi connectivity index (χ3v) is 4.16. The molecule has 0 atom stereocenters. The fraction of sp³-hybridized carbons (Fsp3) is 0.214. The van der Waals surface area contributed by atoms with Crippen molar-refractivity contribution in [1.29, 1.82) is 0 Å². The minimum Gasteiger partial charge on any atom is -0.465 e. The zero-order valence-electron chi connectivity index (χ0n) is 12.6. The van der Waals surface area contributed by atoms with E-state index < -0.39 is 16.8 Å². The minimum atomic E-state index is -0.510. The molecule has 0 radical (unpaired) electrons. The molecule has 1 fully saturated rings. The highest BCUT2D eigenvalue weighted by Crippen LogP contribution is 2.31. The molecule has 1 saturated heterocycles. The second kappa shape index (κ2) is 7.99. The molecule has 0 unspecified atom stereocenters. The van der Waals surface area contributed by atoms with Gasteiger partial charge in [-0.3, -0.25) is 19.7 Å². The lowest BCUT2D eigenvalue weighted by atomic mass is 10.2. The number of nitro groups is 1. The topological polar surface area (TPSA) is 102 Å². The molecular weight excluding hydrogens is 354 g/mol. The summed E-state index contributed by atoms with van der Waals surface area (Å²) in [6, 6.07) is 5.90. The molecule has 0 bridgehead atoms. The molecule has 0 saturated carbocycles. The van der Waals surface area contributed by atoms with E-state index in [1.807, 2.05) is 0 Å². The summed E-state index contributed by atoms with van der Waals surface area (Å²) < 4.78 is 5.00. The number of carbonyl (C=O) groups excluding carboxylic acids is 2. The first-order valence-electron chi connectivity index (χ1n) is 6.84. The average Bonchev–Trinajstić information content (AvgIpc) is 2.80. The Kier molecular flexibility index (Phi) is 6.01. The zero-order chi connectivity index (χ0) is 17.7. The third-order valence-electron chi connectivity index (χ3n) is 2.86. The van der Waals surface area contributed by atoms with Crippen molar-refractivity contribution in [2.45, 2.75) is 6.92 Å². The number of esters is 1. The largest absolute Gasteiger partial charge is 0.465 e. The average molecular weight is 367 g/mol. The summed E-state index contributed by atoms with van der Waals surface area (Å²) >= 11 is 6.14. The fourth-order valence-corrected chi connectivity index (χ4v) is 3.06. The van der Waals surface area contributed by atoms with Gasteiger partial charge in [0, 0.05) is 12.1 Å². The van der Waals surface area contributed by atoms with E-state index >= 15 is 0 Å². The molecule has 1 aromatic rings. The second-order valence-corrected chi connectivity index (χ2v) is 6.18. The standard InChI is InChI=1S/C14H13N3O5S2/c1-2-22-12(18)8-15-16-13(19)11(24-14(16)23)7-9-4-3-5-10(6-9)17(20)21/h3-7,15H,2,8H2,1H3/b11-7+. The van der Waals surface area contributed by atoms with Crippen LogP contribution in [0.2, 0.25) is 0 Å². The number of nitrogens with one attached hydrogen (secondary N) is 1. The first-order chi connectivity index (χ1) is 11.4. The molecule has 0 aromatic heterocycles. The van der Waals surface area contributed by atoms with Crippen molar-refractivity contribution in [3.63, 3.8) is 0 Å². The van der Waals surface area contributed by atoms with E-state index in [0.717, 1.165) is 16.8 Å². The smallest absolute Gasteiger partial charge is 0.321 e. The Bertz CT molecular complexity index is 735. The third kappa shape index (κ3) is 4.37. The summed E-state index contributed by atoms with van der Waals surface area (Å²) in [7, 11) is 0. The molecule has 126 valence electrons. The second-order valence-electron chi connectivity index (χ2n) is 4.51. The van der Waals surface area contributed by atoms with E-state index in [9.17, 15) is 19.7 Å². The summed E-state index contributed by atoms with van der Waals surface area (Å²) in [5, 5.41) is 11.9. The summed E-state index contributed by atoms with van der Waals surface area (Å²) in [5.74, 6) is -0.935. The molecule has 1 aliphatic heterocycles. The molecule has 24 heavy (non-hydrogen) atoms. The van der Waals surface area contributed by atoms with Gasteiger partial charge in [0.25, 0.3) is 11.6 Å². The van der Waals surface area contributed by atoms with E-state index in [1.165, 1.54) is 24.3 Å². The molecule has 10 heteroatoms. The number of amides is 1. The van der Waals surface area contributed by atoms with Crippen LogP contribution < -0.4 is 5.43 Å². The highest BCUT2D eigenvalue weighted by atomic mass is 32.2. The van der Waals surface area contributed by atoms with Gasteiger partial charge in [-0.2, -0.15) is 0 Å². The summed E-state index contributed by atoms with van der Waals surface area (Å²) in [6.07, 6.45) is 1.51. The number of ether oxygens (including phenoxy) is 1. The van der Waals surface area contributed by atoms with Gasteiger partial charge in [0.1, 0.15) is 6.54 Å². The van der Waals surface area contributed by atoms with Gasteiger partial charge >= 0.3 is 5.97 Å². The van der Waals surface area contributed by atoms with Crippen LogP contribution in [0.3, 0.4) is 0 Å². The van der Waals surface area contributed by atoms with E-state index in [4.69, 9.17) is 17.0 Å². The van der Waals surface area contributed by atoms with Gasteiger partial charge in [-0.25, -0.2) is 10.4 Å². The highest BCUT2D eigenvalue weighted by molar-refractivity contribution is 8.26. The summed E-state index contributed by atoms with van der Waals surface area (Å²) in [5.41, 5.74) is 3.05. The Morgan fingerprint density at radius 1 is 1.54 bits per heavy atom. The fourth-order valence-electron chi connectivity index (χ4n) is 1.84. The van der Waals surface area contributed by atoms with Gasteiger partial charge in [0.15, 0.2) is 4.32 Å². The Balaban J connectivity index is 2.11. The predicted octanol–water partition coefficient (Wildman–Crippen LogP) is 1.86. The molecule has 1 aliphatic rings. The maximum atomic E-state index is 12.3. The number of hydrazine groups is 1. The number of nitrogens with zero attached hydrogens (tertiary/aromatic N) is 2. The highest BCUT2D eigenvalue weighted by Gasteiger charge is 2.32. The maximum Gasteiger partial charge on any atom is 0.321 e. The number of thiocarbonyl (C=S) groups is 1. The van der Waals surface area contributed by atoms with Gasteiger partial charge in [0.05, 0.1) is 16.4 Å². The van der Waals surface area contributed by atoms with Gasteiger partial charge in [-0.05, 0) is 18.6 Å². The molecule has 8 nitrogen and oxygen atoms in total. The lowest BCUT2D eigenvalue weighted by Gasteiger charge is -2.14. The Hall–Kier alpha value is -2.30. The van der Waals surface area contributed by atoms with Crippen molar-refractivity contribution in [3.8, 4) is 0 Å². The van der Waals surface area contributed by atoms with Crippen LogP contribution in [0.4, 0.5) is 5.69 Å². The van der Waals surface area contributed by atoms with Crippen LogP contribution in [0.15, 0.2) is 29.2 Å². The lowest BCUT2D eigenvalue weighted by Crippen LogP contribution is -2.44. The van der Waals surface area contributed by atoms with Crippen LogP contribution >= 0.6 is 24.0 Å². The molecule has 0 spiro atoms. The zero-order valence-corrected chi connectivity index (χ0v) is 14.2. The molecule has 0 aliphatic carbocycles. The van der Waals surface area contributed by atoms with Gasteiger partial charge in [-0.15, -0.1) is 0 Å². The Labute approximate surface area is 147 Å². The predicted molar refractivity (Wildman–Crippen MR) is 92.7 cm³/mol. The number of hydrogen-bond acceptors (Lipinski definition) is 8. The van der Waals surface area contributed by atoms with Crippen LogP contribution in [0.25, 0.3) is 6.08 Å². The molecule has 1 heterocycles. The Morgan fingerprint density at radius 2 is 2.29 bits per heavy atom. The normalized spacial score (nSPS) is 15.9. The van der Waals surface area contributed by atoms with Gasteiger partial charge in [-0.1, -0.05) is 36.1 Å². The summed E-state index contributed by atoms with van der Waals surface area (Å²) in [4.78, 5) is 34.2. The minimum absolute atomic E-state index is 0.0698. The number of non-ortho nitro benzene ring substituents is 1. The lowest BCUT2D eigenvalue weighted by molar-refractivity contribution is -0.384.